The molecule has 3 aliphatic rings. The third-order valence-electron chi connectivity index (χ3n) is 4.96. The highest BCUT2D eigenvalue weighted by Crippen LogP contribution is 2.54. The molecule has 0 aromatic heterocycles. The molecule has 3 rings (SSSR count). The van der Waals surface area contributed by atoms with Gasteiger partial charge in [0.25, 0.3) is 0 Å². The van der Waals surface area contributed by atoms with Gasteiger partial charge in [-0.15, -0.1) is 0 Å². The van der Waals surface area contributed by atoms with Gasteiger partial charge in [0.05, 0.1) is 30.7 Å². The summed E-state index contributed by atoms with van der Waals surface area (Å²) in [6.07, 6.45) is 1.59. The minimum absolute atomic E-state index is 0.0119. The van der Waals surface area contributed by atoms with Gasteiger partial charge in [-0.2, -0.15) is 0 Å². The van der Waals surface area contributed by atoms with Gasteiger partial charge in [0.15, 0.2) is 0 Å². The zero-order chi connectivity index (χ0) is 14.4. The van der Waals surface area contributed by atoms with Crippen LogP contribution in [-0.2, 0) is 23.8 Å². The molecule has 0 N–H and O–H groups in total. The first-order valence-corrected chi connectivity index (χ1v) is 7.58. The van der Waals surface area contributed by atoms with Crippen LogP contribution in [0.5, 0.6) is 0 Å². The monoisotopic (exact) mass is 282 g/mol. The number of rotatable bonds is 4. The molecule has 2 saturated heterocycles. The predicted molar refractivity (Wildman–Crippen MR) is 69.7 cm³/mol. The fourth-order valence-corrected chi connectivity index (χ4v) is 3.85. The summed E-state index contributed by atoms with van der Waals surface area (Å²) in [6, 6.07) is 0. The van der Waals surface area contributed by atoms with Crippen LogP contribution in [0.25, 0.3) is 0 Å². The molecule has 7 atom stereocenters. The normalized spacial score (nSPS) is 45.4. The summed E-state index contributed by atoms with van der Waals surface area (Å²) in [5.74, 6) is -0.993. The van der Waals surface area contributed by atoms with E-state index in [0.29, 0.717) is 6.61 Å². The molecule has 0 spiro atoms. The van der Waals surface area contributed by atoms with Crippen molar-refractivity contribution in [2.24, 2.45) is 23.7 Å². The highest BCUT2D eigenvalue weighted by atomic mass is 16.6. The number of fused-ring (bicyclic) bond motifs is 3. The quantitative estimate of drug-likeness (QED) is 0.444. The van der Waals surface area contributed by atoms with E-state index < -0.39 is 0 Å². The molecule has 0 aromatic carbocycles. The lowest BCUT2D eigenvalue weighted by Gasteiger charge is -2.33. The minimum atomic E-state index is -0.290. The Morgan fingerprint density at radius 3 is 2.75 bits per heavy atom. The lowest BCUT2D eigenvalue weighted by Crippen LogP contribution is -2.45. The van der Waals surface area contributed by atoms with Crippen molar-refractivity contribution in [3.63, 3.8) is 0 Å². The van der Waals surface area contributed by atoms with Crippen molar-refractivity contribution in [2.45, 2.75) is 51.9 Å². The molecular formula is C15H22O5. The summed E-state index contributed by atoms with van der Waals surface area (Å²) >= 11 is 0. The molecule has 0 amide bonds. The van der Waals surface area contributed by atoms with Crippen LogP contribution in [0, 0.1) is 23.7 Å². The van der Waals surface area contributed by atoms with E-state index in [2.05, 4.69) is 6.92 Å². The van der Waals surface area contributed by atoms with Gasteiger partial charge in [-0.05, 0) is 19.3 Å². The number of epoxide rings is 1. The Kier molecular flexibility index (Phi) is 3.48. The molecule has 2 heterocycles. The molecular weight excluding hydrogens is 260 g/mol. The predicted octanol–water partition coefficient (Wildman–Crippen LogP) is 1.54. The summed E-state index contributed by atoms with van der Waals surface area (Å²) in [4.78, 5) is 24.3. The van der Waals surface area contributed by atoms with Crippen molar-refractivity contribution < 1.29 is 23.8 Å². The number of cyclic esters (lactones) is 1. The van der Waals surface area contributed by atoms with E-state index in [0.717, 1.165) is 12.8 Å². The molecule has 3 fully saturated rings. The Labute approximate surface area is 118 Å². The van der Waals surface area contributed by atoms with E-state index in [1.165, 1.54) is 0 Å². The standard InChI is InChI=1S/C15H22O5/c1-4-5-6-18-14(16)9-7(2)12-13(20-12)11-10(9)8(3)19-15(11)17/h7-13H,4-6H2,1-3H3/t7-,8+,9-,10-,11-,12-,13+/m0/s1. The first-order chi connectivity index (χ1) is 9.56. The number of hydrogen-bond acceptors (Lipinski definition) is 5. The van der Waals surface area contributed by atoms with Crippen molar-refractivity contribution in [3.05, 3.63) is 0 Å². The zero-order valence-electron chi connectivity index (χ0n) is 12.2. The number of unbranched alkanes of at least 4 members (excludes halogenated alkanes) is 1. The third-order valence-corrected chi connectivity index (χ3v) is 4.96. The van der Waals surface area contributed by atoms with Crippen LogP contribution >= 0.6 is 0 Å². The fourth-order valence-electron chi connectivity index (χ4n) is 3.85. The third kappa shape index (κ3) is 2.03. The average molecular weight is 282 g/mol. The SMILES string of the molecule is CCCCOC(=O)[C@H]1[C@H](C)[C@@H]2O[C@@H]2[C@H]2C(=O)O[C@H](C)[C@H]21. The number of hydrogen-bond donors (Lipinski definition) is 0. The first kappa shape index (κ1) is 13.9. The lowest BCUT2D eigenvalue weighted by molar-refractivity contribution is -0.155. The summed E-state index contributed by atoms with van der Waals surface area (Å²) in [5, 5.41) is 0. The maximum absolute atomic E-state index is 12.4. The van der Waals surface area contributed by atoms with Crippen molar-refractivity contribution >= 4 is 11.9 Å². The molecule has 1 saturated carbocycles. The van der Waals surface area contributed by atoms with E-state index >= 15 is 0 Å². The highest BCUT2D eigenvalue weighted by Gasteiger charge is 2.67. The van der Waals surface area contributed by atoms with E-state index in [9.17, 15) is 9.59 Å². The first-order valence-electron chi connectivity index (χ1n) is 7.58. The van der Waals surface area contributed by atoms with Gasteiger partial charge in [0.1, 0.15) is 6.10 Å². The molecule has 0 aromatic rings. The van der Waals surface area contributed by atoms with Gasteiger partial charge in [0.2, 0.25) is 0 Å². The number of carbonyl (C=O) groups is 2. The van der Waals surface area contributed by atoms with Crippen molar-refractivity contribution in [2.75, 3.05) is 6.61 Å². The Balaban J connectivity index is 1.77. The second-order valence-electron chi connectivity index (χ2n) is 6.22. The van der Waals surface area contributed by atoms with Gasteiger partial charge in [0, 0.05) is 5.92 Å². The second-order valence-corrected chi connectivity index (χ2v) is 6.22. The van der Waals surface area contributed by atoms with Gasteiger partial charge >= 0.3 is 11.9 Å². The van der Waals surface area contributed by atoms with E-state index in [4.69, 9.17) is 14.2 Å². The van der Waals surface area contributed by atoms with Crippen molar-refractivity contribution in [3.8, 4) is 0 Å². The Morgan fingerprint density at radius 2 is 2.05 bits per heavy atom. The van der Waals surface area contributed by atoms with Gasteiger partial charge in [-0.1, -0.05) is 20.3 Å². The van der Waals surface area contributed by atoms with E-state index in [1.807, 2.05) is 13.8 Å². The van der Waals surface area contributed by atoms with E-state index in [-0.39, 0.29) is 53.9 Å². The molecule has 2 aliphatic heterocycles. The largest absolute Gasteiger partial charge is 0.465 e. The summed E-state index contributed by atoms with van der Waals surface area (Å²) in [6.45, 7) is 6.39. The van der Waals surface area contributed by atoms with Gasteiger partial charge in [-0.25, -0.2) is 0 Å². The van der Waals surface area contributed by atoms with Crippen molar-refractivity contribution in [1.82, 2.24) is 0 Å². The van der Waals surface area contributed by atoms with Gasteiger partial charge in [-0.3, -0.25) is 9.59 Å². The van der Waals surface area contributed by atoms with Crippen LogP contribution in [-0.4, -0.2) is 36.9 Å². The molecule has 1 aliphatic carbocycles. The minimum Gasteiger partial charge on any atom is -0.465 e. The van der Waals surface area contributed by atoms with Crippen LogP contribution in [0.1, 0.15) is 33.6 Å². The summed E-state index contributed by atoms with van der Waals surface area (Å²) < 4.78 is 16.3. The molecule has 5 heteroatoms. The maximum Gasteiger partial charge on any atom is 0.312 e. The van der Waals surface area contributed by atoms with Crippen LogP contribution < -0.4 is 0 Å². The fraction of sp³-hybridized carbons (Fsp3) is 0.867. The summed E-state index contributed by atoms with van der Waals surface area (Å²) in [7, 11) is 0. The summed E-state index contributed by atoms with van der Waals surface area (Å²) in [5.41, 5.74) is 0. The van der Waals surface area contributed by atoms with Crippen LogP contribution in [0.15, 0.2) is 0 Å². The van der Waals surface area contributed by atoms with Crippen molar-refractivity contribution in [1.29, 1.82) is 0 Å². The molecule has 5 nitrogen and oxygen atoms in total. The Morgan fingerprint density at radius 1 is 1.30 bits per heavy atom. The molecule has 20 heavy (non-hydrogen) atoms. The zero-order valence-corrected chi connectivity index (χ0v) is 12.2. The topological polar surface area (TPSA) is 65.1 Å². The number of ether oxygens (including phenoxy) is 3. The van der Waals surface area contributed by atoms with Crippen LogP contribution in [0.2, 0.25) is 0 Å². The molecule has 112 valence electrons. The molecule has 0 unspecified atom stereocenters. The van der Waals surface area contributed by atoms with Gasteiger partial charge < -0.3 is 14.2 Å². The molecule has 0 bridgehead atoms. The average Bonchev–Trinajstić information content (AvgIpc) is 3.13. The second kappa shape index (κ2) is 5.02. The molecule has 0 radical (unpaired) electrons. The Hall–Kier alpha value is -1.10. The lowest BCUT2D eigenvalue weighted by atomic mass is 9.66. The number of carbonyl (C=O) groups excluding carboxylic acids is 2. The number of esters is 2. The smallest absolute Gasteiger partial charge is 0.312 e. The highest BCUT2D eigenvalue weighted by molar-refractivity contribution is 5.81. The van der Waals surface area contributed by atoms with E-state index in [1.54, 1.807) is 0 Å². The van der Waals surface area contributed by atoms with Crippen LogP contribution in [0.3, 0.4) is 0 Å². The Bertz CT molecular complexity index is 420. The maximum atomic E-state index is 12.4. The van der Waals surface area contributed by atoms with Crippen LogP contribution in [0.4, 0.5) is 0 Å².